The Hall–Kier alpha value is -3.04. The van der Waals surface area contributed by atoms with Gasteiger partial charge in [0.15, 0.2) is 0 Å². The van der Waals surface area contributed by atoms with Crippen LogP contribution in [0.4, 0.5) is 4.39 Å². The third-order valence-corrected chi connectivity index (χ3v) is 6.95. The number of carbonyl (C=O) groups excluding carboxylic acids is 1. The van der Waals surface area contributed by atoms with Crippen molar-refractivity contribution >= 4 is 15.9 Å². The van der Waals surface area contributed by atoms with Gasteiger partial charge in [-0.05, 0) is 36.2 Å². The first-order valence-corrected chi connectivity index (χ1v) is 11.4. The van der Waals surface area contributed by atoms with Crippen LogP contribution < -0.4 is 4.72 Å². The molecule has 1 N–H and O–H groups in total. The molecule has 31 heavy (non-hydrogen) atoms. The van der Waals surface area contributed by atoms with E-state index in [4.69, 9.17) is 0 Å². The molecule has 0 radical (unpaired) electrons. The normalized spacial score (nSPS) is 16.6. The monoisotopic (exact) mass is 442 g/mol. The van der Waals surface area contributed by atoms with Gasteiger partial charge >= 0.3 is 0 Å². The number of nitrogens with zero attached hydrogens (tertiary/aromatic N) is 3. The molecule has 0 saturated carbocycles. The Morgan fingerprint density at radius 1 is 1.23 bits per heavy atom. The van der Waals surface area contributed by atoms with Gasteiger partial charge in [0.1, 0.15) is 10.7 Å². The summed E-state index contributed by atoms with van der Waals surface area (Å²) in [5.41, 5.74) is 2.22. The van der Waals surface area contributed by atoms with Crippen molar-refractivity contribution in [2.24, 2.45) is 7.05 Å². The smallest absolute Gasteiger partial charge is 0.253 e. The van der Waals surface area contributed by atoms with Gasteiger partial charge in [-0.3, -0.25) is 4.79 Å². The molecule has 4 rings (SSSR count). The Bertz CT molecular complexity index is 1210. The molecule has 3 aromatic rings. The van der Waals surface area contributed by atoms with Crippen molar-refractivity contribution in [2.75, 3.05) is 13.1 Å². The van der Waals surface area contributed by atoms with Crippen LogP contribution in [0.2, 0.25) is 0 Å². The second kappa shape index (κ2) is 8.60. The van der Waals surface area contributed by atoms with Crippen molar-refractivity contribution in [3.05, 3.63) is 83.7 Å². The molecule has 1 aliphatic rings. The number of hydrogen-bond acceptors (Lipinski definition) is 4. The van der Waals surface area contributed by atoms with Crippen molar-refractivity contribution in [3.8, 4) is 0 Å². The SMILES string of the molecule is Cn1cncc1C1CCN(C(=O)c2cccc(CNS(=O)(=O)c3ccccc3F)c2)C1. The lowest BCUT2D eigenvalue weighted by atomic mass is 10.1. The number of benzene rings is 2. The first kappa shape index (κ1) is 21.2. The Balaban J connectivity index is 1.43. The number of imidazole rings is 1. The van der Waals surface area contributed by atoms with E-state index in [1.807, 2.05) is 17.8 Å². The minimum Gasteiger partial charge on any atom is -0.338 e. The minimum absolute atomic E-state index is 0.0462. The zero-order valence-corrected chi connectivity index (χ0v) is 17.8. The fourth-order valence-corrected chi connectivity index (χ4v) is 4.96. The maximum Gasteiger partial charge on any atom is 0.253 e. The number of halogens is 1. The molecular formula is C22H23FN4O3S. The maximum atomic E-state index is 13.8. The molecule has 0 spiro atoms. The number of rotatable bonds is 6. The highest BCUT2D eigenvalue weighted by Gasteiger charge is 2.29. The molecule has 1 atom stereocenters. The summed E-state index contributed by atoms with van der Waals surface area (Å²) >= 11 is 0. The third kappa shape index (κ3) is 4.52. The number of hydrogen-bond donors (Lipinski definition) is 1. The van der Waals surface area contributed by atoms with Crippen molar-refractivity contribution in [2.45, 2.75) is 23.8 Å². The van der Waals surface area contributed by atoms with E-state index in [-0.39, 0.29) is 18.4 Å². The Morgan fingerprint density at radius 3 is 2.77 bits per heavy atom. The van der Waals surface area contributed by atoms with Crippen molar-refractivity contribution in [1.29, 1.82) is 0 Å². The summed E-state index contributed by atoms with van der Waals surface area (Å²) in [5, 5.41) is 0. The maximum absolute atomic E-state index is 13.8. The Labute approximate surface area is 180 Å². The predicted octanol–water partition coefficient (Wildman–Crippen LogP) is 2.67. The number of likely N-dealkylation sites (tertiary alicyclic amines) is 1. The molecule has 0 bridgehead atoms. The van der Waals surface area contributed by atoms with E-state index in [1.54, 1.807) is 35.5 Å². The summed E-state index contributed by atoms with van der Waals surface area (Å²) in [6.45, 7) is 1.22. The van der Waals surface area contributed by atoms with Crippen LogP contribution in [0, 0.1) is 5.82 Å². The van der Waals surface area contributed by atoms with Gasteiger partial charge in [-0.15, -0.1) is 0 Å². The number of carbonyl (C=O) groups is 1. The summed E-state index contributed by atoms with van der Waals surface area (Å²) in [7, 11) is -2.06. The van der Waals surface area contributed by atoms with Gasteiger partial charge in [0.05, 0.1) is 6.33 Å². The molecular weight excluding hydrogens is 419 g/mol. The summed E-state index contributed by atoms with van der Waals surface area (Å²) in [6, 6.07) is 12.0. The van der Waals surface area contributed by atoms with Crippen molar-refractivity contribution in [3.63, 3.8) is 0 Å². The highest BCUT2D eigenvalue weighted by molar-refractivity contribution is 7.89. The quantitative estimate of drug-likeness (QED) is 0.636. The summed E-state index contributed by atoms with van der Waals surface area (Å²) < 4.78 is 43.0. The van der Waals surface area contributed by atoms with Crippen LogP contribution in [0.15, 0.2) is 66.0 Å². The minimum atomic E-state index is -4.00. The summed E-state index contributed by atoms with van der Waals surface area (Å²) in [5.74, 6) is -0.661. The number of sulfonamides is 1. The lowest BCUT2D eigenvalue weighted by molar-refractivity contribution is 0.0790. The van der Waals surface area contributed by atoms with Crippen molar-refractivity contribution < 1.29 is 17.6 Å². The number of aryl methyl sites for hydroxylation is 1. The Morgan fingerprint density at radius 2 is 2.03 bits per heavy atom. The fraction of sp³-hybridized carbons (Fsp3) is 0.273. The van der Waals surface area contributed by atoms with Gasteiger partial charge in [-0.2, -0.15) is 0 Å². The van der Waals surface area contributed by atoms with E-state index < -0.39 is 20.7 Å². The largest absolute Gasteiger partial charge is 0.338 e. The number of amides is 1. The molecule has 1 aliphatic heterocycles. The molecule has 9 heteroatoms. The lowest BCUT2D eigenvalue weighted by Crippen LogP contribution is -2.29. The van der Waals surface area contributed by atoms with Gasteiger partial charge in [-0.25, -0.2) is 22.5 Å². The van der Waals surface area contributed by atoms with Gasteiger partial charge in [0.25, 0.3) is 5.91 Å². The van der Waals surface area contributed by atoms with E-state index in [9.17, 15) is 17.6 Å². The van der Waals surface area contributed by atoms with Crippen LogP contribution in [0.1, 0.15) is 34.0 Å². The topological polar surface area (TPSA) is 84.3 Å². The fourth-order valence-electron chi connectivity index (χ4n) is 3.86. The second-order valence-corrected chi connectivity index (χ2v) is 9.36. The average molecular weight is 443 g/mol. The van der Waals surface area contributed by atoms with E-state index >= 15 is 0 Å². The molecule has 1 unspecified atom stereocenters. The van der Waals surface area contributed by atoms with Crippen LogP contribution >= 0.6 is 0 Å². The van der Waals surface area contributed by atoms with Gasteiger partial charge in [0, 0.05) is 50.1 Å². The predicted molar refractivity (Wildman–Crippen MR) is 113 cm³/mol. The van der Waals surface area contributed by atoms with Crippen LogP contribution in [0.25, 0.3) is 0 Å². The third-order valence-electron chi connectivity index (χ3n) is 5.51. The molecule has 2 aromatic carbocycles. The lowest BCUT2D eigenvalue weighted by Gasteiger charge is -2.17. The van der Waals surface area contributed by atoms with Gasteiger partial charge in [-0.1, -0.05) is 24.3 Å². The van der Waals surface area contributed by atoms with Gasteiger partial charge < -0.3 is 9.47 Å². The summed E-state index contributed by atoms with van der Waals surface area (Å²) in [6.07, 6.45) is 4.46. The zero-order chi connectivity index (χ0) is 22.0. The van der Waals surface area contributed by atoms with E-state index in [0.29, 0.717) is 24.2 Å². The van der Waals surface area contributed by atoms with Crippen molar-refractivity contribution in [1.82, 2.24) is 19.2 Å². The number of aromatic nitrogens is 2. The Kier molecular flexibility index (Phi) is 5.88. The van der Waals surface area contributed by atoms with Crippen LogP contribution in [0.5, 0.6) is 0 Å². The molecule has 2 heterocycles. The number of nitrogens with one attached hydrogen (secondary N) is 1. The zero-order valence-electron chi connectivity index (χ0n) is 17.0. The first-order chi connectivity index (χ1) is 14.8. The van der Waals surface area contributed by atoms with Crippen LogP contribution in [0.3, 0.4) is 0 Å². The molecule has 1 aromatic heterocycles. The van der Waals surface area contributed by atoms with E-state index in [1.165, 1.54) is 18.2 Å². The average Bonchev–Trinajstić information content (AvgIpc) is 3.41. The van der Waals surface area contributed by atoms with Gasteiger partial charge in [0.2, 0.25) is 10.0 Å². The molecule has 162 valence electrons. The molecule has 1 amide bonds. The second-order valence-electron chi connectivity index (χ2n) is 7.62. The first-order valence-electron chi connectivity index (χ1n) is 9.94. The molecule has 0 aliphatic carbocycles. The van der Waals surface area contributed by atoms with Crippen LogP contribution in [-0.2, 0) is 23.6 Å². The standard InChI is InChI=1S/C22H23FN4O3S/c1-26-15-24-13-20(26)18-9-10-27(14-18)22(28)17-6-4-5-16(11-17)12-25-31(29,30)21-8-3-2-7-19(21)23/h2-8,11,13,15,18,25H,9-10,12,14H2,1H3. The molecule has 1 saturated heterocycles. The van der Waals surface area contributed by atoms with E-state index in [0.717, 1.165) is 18.2 Å². The summed E-state index contributed by atoms with van der Waals surface area (Å²) in [4.78, 5) is 18.5. The highest BCUT2D eigenvalue weighted by Crippen LogP contribution is 2.27. The van der Waals surface area contributed by atoms with E-state index in [2.05, 4.69) is 9.71 Å². The van der Waals surface area contributed by atoms with Crippen LogP contribution in [-0.4, -0.2) is 41.9 Å². The molecule has 7 nitrogen and oxygen atoms in total. The highest BCUT2D eigenvalue weighted by atomic mass is 32.2. The molecule has 1 fully saturated rings.